The Morgan fingerprint density at radius 2 is 1.92 bits per heavy atom. The molecule has 0 aromatic carbocycles. The summed E-state index contributed by atoms with van der Waals surface area (Å²) in [6, 6.07) is 10.3. The van der Waals surface area contributed by atoms with Crippen LogP contribution in [0.15, 0.2) is 28.7 Å². The van der Waals surface area contributed by atoms with Crippen molar-refractivity contribution in [3.63, 3.8) is 0 Å². The fraction of sp³-hybridized carbons (Fsp3) is 0.524. The summed E-state index contributed by atoms with van der Waals surface area (Å²) >= 11 is 1.53. The Hall–Kier alpha value is -2.42. The molecule has 1 N–H and O–H groups in total. The second kappa shape index (κ2) is 6.39. The van der Waals surface area contributed by atoms with Gasteiger partial charge >= 0.3 is 0 Å². The molecule has 0 amide bonds. The first-order chi connectivity index (χ1) is 12.3. The lowest BCUT2D eigenvalue weighted by molar-refractivity contribution is 0.149. The first-order valence-electron chi connectivity index (χ1n) is 8.88. The average molecular weight is 363 g/mol. The second-order valence-electron chi connectivity index (χ2n) is 8.36. The van der Waals surface area contributed by atoms with Crippen molar-refractivity contribution < 1.29 is 0 Å². The maximum atomic E-state index is 9.97. The molecule has 1 aromatic rings. The summed E-state index contributed by atoms with van der Waals surface area (Å²) in [5, 5.41) is 40.2. The molecule has 1 aromatic heterocycles. The van der Waals surface area contributed by atoms with E-state index in [9.17, 15) is 15.8 Å². The number of thiophene rings is 1. The number of hydrogen-bond donors (Lipinski definition) is 1. The van der Waals surface area contributed by atoms with E-state index in [0.717, 1.165) is 29.7 Å². The maximum absolute atomic E-state index is 9.97. The standard InChI is InChI=1S/C21H22N4S/c1-20(2,3)13-6-7-14-15(9-13)18(17-5-4-8-26-17)21(11-23,12-24)19(25)16(14)10-22/h4-5,8,13,15,18,25H,6-7,9H2,1-3H3. The van der Waals surface area contributed by atoms with Crippen LogP contribution in [0.3, 0.4) is 0 Å². The van der Waals surface area contributed by atoms with Crippen LogP contribution < -0.4 is 0 Å². The molecule has 3 rings (SSSR count). The van der Waals surface area contributed by atoms with Gasteiger partial charge in [0.05, 0.1) is 23.4 Å². The van der Waals surface area contributed by atoms with Gasteiger partial charge in [0.25, 0.3) is 0 Å². The molecule has 3 unspecified atom stereocenters. The van der Waals surface area contributed by atoms with E-state index < -0.39 is 5.41 Å². The summed E-state index contributed by atoms with van der Waals surface area (Å²) in [5.74, 6) is 0.0537. The average Bonchev–Trinajstić information content (AvgIpc) is 3.13. The van der Waals surface area contributed by atoms with Crippen molar-refractivity contribution in [2.24, 2.45) is 22.7 Å². The number of fused-ring (bicyclic) bond motifs is 1. The Bertz CT molecular complexity index is 866. The Balaban J connectivity index is 2.24. The molecule has 5 heteroatoms. The third-order valence-electron chi connectivity index (χ3n) is 6.12. The van der Waals surface area contributed by atoms with Crippen LogP contribution in [-0.4, -0.2) is 5.71 Å². The van der Waals surface area contributed by atoms with Crippen molar-refractivity contribution in [2.75, 3.05) is 0 Å². The fourth-order valence-electron chi connectivity index (χ4n) is 4.61. The SMILES string of the molecule is CC(C)(C)C1CCC2=C(C#N)C(=N)C(C#N)(C#N)C(c3cccs3)C2C1. The van der Waals surface area contributed by atoms with Gasteiger partial charge in [0.1, 0.15) is 6.07 Å². The highest BCUT2D eigenvalue weighted by molar-refractivity contribution is 7.10. The van der Waals surface area contributed by atoms with Crippen molar-refractivity contribution in [3.05, 3.63) is 33.5 Å². The minimum Gasteiger partial charge on any atom is -0.301 e. The minimum absolute atomic E-state index is 0.0327. The van der Waals surface area contributed by atoms with Crippen LogP contribution in [0.5, 0.6) is 0 Å². The predicted octanol–water partition coefficient (Wildman–Crippen LogP) is 5.18. The van der Waals surface area contributed by atoms with E-state index in [1.54, 1.807) is 0 Å². The van der Waals surface area contributed by atoms with Crippen LogP contribution >= 0.6 is 11.3 Å². The molecule has 2 aliphatic carbocycles. The van der Waals surface area contributed by atoms with Crippen LogP contribution in [0.1, 0.15) is 50.8 Å². The summed E-state index contributed by atoms with van der Waals surface area (Å²) in [4.78, 5) is 0.965. The smallest absolute Gasteiger partial charge is 0.194 e. The van der Waals surface area contributed by atoms with Crippen molar-refractivity contribution >= 4 is 17.0 Å². The van der Waals surface area contributed by atoms with Crippen molar-refractivity contribution in [2.45, 2.75) is 46.0 Å². The third-order valence-corrected chi connectivity index (χ3v) is 7.08. The molecule has 0 bridgehead atoms. The van der Waals surface area contributed by atoms with Gasteiger partial charge in [0.2, 0.25) is 0 Å². The Kier molecular flexibility index (Phi) is 4.51. The van der Waals surface area contributed by atoms with Gasteiger partial charge in [-0.15, -0.1) is 11.3 Å². The van der Waals surface area contributed by atoms with Gasteiger partial charge in [-0.1, -0.05) is 26.8 Å². The van der Waals surface area contributed by atoms with Gasteiger partial charge in [0.15, 0.2) is 5.41 Å². The van der Waals surface area contributed by atoms with Gasteiger partial charge < -0.3 is 5.41 Å². The monoisotopic (exact) mass is 362 g/mol. The van der Waals surface area contributed by atoms with Crippen molar-refractivity contribution in [1.82, 2.24) is 0 Å². The quantitative estimate of drug-likeness (QED) is 0.745. The van der Waals surface area contributed by atoms with Gasteiger partial charge in [-0.05, 0) is 53.5 Å². The van der Waals surface area contributed by atoms with Gasteiger partial charge in [-0.2, -0.15) is 15.8 Å². The molecule has 1 heterocycles. The molecule has 0 spiro atoms. The van der Waals surface area contributed by atoms with E-state index in [1.807, 2.05) is 17.5 Å². The molecule has 2 aliphatic rings. The van der Waals surface area contributed by atoms with E-state index in [-0.39, 0.29) is 28.5 Å². The molecule has 0 saturated heterocycles. The van der Waals surface area contributed by atoms with Gasteiger partial charge in [-0.3, -0.25) is 0 Å². The molecular weight excluding hydrogens is 340 g/mol. The maximum Gasteiger partial charge on any atom is 0.194 e. The number of nitriles is 3. The normalized spacial score (nSPS) is 27.8. The minimum atomic E-state index is -1.59. The lowest BCUT2D eigenvalue weighted by Gasteiger charge is -2.47. The van der Waals surface area contributed by atoms with E-state index >= 15 is 0 Å². The molecule has 1 saturated carbocycles. The number of rotatable bonds is 1. The Morgan fingerprint density at radius 1 is 1.23 bits per heavy atom. The Morgan fingerprint density at radius 3 is 2.42 bits per heavy atom. The molecule has 132 valence electrons. The first-order valence-corrected chi connectivity index (χ1v) is 9.76. The Labute approximate surface area is 158 Å². The molecule has 1 fully saturated rings. The van der Waals surface area contributed by atoms with Crippen LogP contribution in [0, 0.1) is 62.1 Å². The summed E-state index contributed by atoms with van der Waals surface area (Å²) in [6.45, 7) is 6.68. The zero-order valence-corrected chi connectivity index (χ0v) is 16.2. The van der Waals surface area contributed by atoms with Crippen LogP contribution in [0.25, 0.3) is 0 Å². The highest BCUT2D eigenvalue weighted by Crippen LogP contribution is 2.57. The molecule has 26 heavy (non-hydrogen) atoms. The van der Waals surface area contributed by atoms with Crippen LogP contribution in [-0.2, 0) is 0 Å². The zero-order valence-electron chi connectivity index (χ0n) is 15.3. The summed E-state index contributed by atoms with van der Waals surface area (Å²) in [5.41, 5.74) is -0.311. The fourth-order valence-corrected chi connectivity index (χ4v) is 5.57. The highest BCUT2D eigenvalue weighted by atomic mass is 32.1. The number of nitrogens with zero attached hydrogens (tertiary/aromatic N) is 3. The largest absolute Gasteiger partial charge is 0.301 e. The molecule has 4 nitrogen and oxygen atoms in total. The molecular formula is C21H22N4S. The van der Waals surface area contributed by atoms with Crippen molar-refractivity contribution in [3.8, 4) is 18.2 Å². The molecule has 0 radical (unpaired) electrons. The molecule has 0 aliphatic heterocycles. The number of nitrogens with one attached hydrogen (secondary N) is 1. The van der Waals surface area contributed by atoms with E-state index in [2.05, 4.69) is 39.0 Å². The topological polar surface area (TPSA) is 95.2 Å². The van der Waals surface area contributed by atoms with Gasteiger partial charge in [0, 0.05) is 10.8 Å². The predicted molar refractivity (Wildman–Crippen MR) is 101 cm³/mol. The second-order valence-corrected chi connectivity index (χ2v) is 9.33. The summed E-state index contributed by atoms with van der Waals surface area (Å²) in [7, 11) is 0. The number of hydrogen-bond acceptors (Lipinski definition) is 5. The zero-order chi connectivity index (χ0) is 19.1. The van der Waals surface area contributed by atoms with Crippen molar-refractivity contribution in [1.29, 1.82) is 21.2 Å². The third kappa shape index (κ3) is 2.57. The molecule has 3 atom stereocenters. The van der Waals surface area contributed by atoms with E-state index in [1.165, 1.54) is 11.3 Å². The van der Waals surface area contributed by atoms with Crippen LogP contribution in [0.2, 0.25) is 0 Å². The van der Waals surface area contributed by atoms with Crippen LogP contribution in [0.4, 0.5) is 0 Å². The number of allylic oxidation sites excluding steroid dienone is 2. The van der Waals surface area contributed by atoms with E-state index in [4.69, 9.17) is 5.41 Å². The summed E-state index contributed by atoms with van der Waals surface area (Å²) in [6.07, 6.45) is 2.61. The van der Waals surface area contributed by atoms with Gasteiger partial charge in [-0.25, -0.2) is 0 Å². The van der Waals surface area contributed by atoms with E-state index in [0.29, 0.717) is 5.92 Å². The highest BCUT2D eigenvalue weighted by Gasteiger charge is 2.56. The summed E-state index contributed by atoms with van der Waals surface area (Å²) < 4.78 is 0. The lowest BCUT2D eigenvalue weighted by atomic mass is 9.53. The first kappa shape index (κ1) is 18.4. The lowest BCUT2D eigenvalue weighted by Crippen LogP contribution is -2.46.